The van der Waals surface area contributed by atoms with Crippen LogP contribution in [0.25, 0.3) is 0 Å². The largest absolute Gasteiger partial charge is 0.497 e. The zero-order valence-corrected chi connectivity index (χ0v) is 36.7. The number of anilines is 2. The van der Waals surface area contributed by atoms with Crippen molar-refractivity contribution < 1.29 is 66.5 Å². The predicted octanol–water partition coefficient (Wildman–Crippen LogP) is 8.28. The van der Waals surface area contributed by atoms with E-state index in [4.69, 9.17) is 53.1 Å². The molecule has 0 radical (unpaired) electrons. The molecule has 4 aromatic rings. The average molecular weight is 851 g/mol. The number of Topliss-reactive ketones (excluding diaryl/α,β-unsaturated/α-hetero) is 1. The van der Waals surface area contributed by atoms with Gasteiger partial charge in [0.25, 0.3) is 0 Å². The Labute approximate surface area is 357 Å². The van der Waals surface area contributed by atoms with Crippen molar-refractivity contribution in [2.75, 3.05) is 66.9 Å². The van der Waals surface area contributed by atoms with Gasteiger partial charge in [-0.3, -0.25) is 19.2 Å². The molecule has 1 amide bonds. The van der Waals surface area contributed by atoms with Crippen molar-refractivity contribution in [3.63, 3.8) is 0 Å². The molecule has 0 aliphatic rings. The van der Waals surface area contributed by atoms with Gasteiger partial charge >= 0.3 is 11.9 Å². The van der Waals surface area contributed by atoms with Gasteiger partial charge in [-0.1, -0.05) is 13.8 Å². The van der Waals surface area contributed by atoms with Gasteiger partial charge in [-0.05, 0) is 70.0 Å². The average Bonchev–Trinajstić information content (AvgIpc) is 3.25. The lowest BCUT2D eigenvalue weighted by Crippen LogP contribution is -2.30. The van der Waals surface area contributed by atoms with Crippen LogP contribution >= 0.6 is 0 Å². The Bertz CT molecular complexity index is 2010. The molecule has 16 heteroatoms. The number of methoxy groups -OCH3 is 6. The van der Waals surface area contributed by atoms with Gasteiger partial charge in [-0.15, -0.1) is 0 Å². The van der Waals surface area contributed by atoms with E-state index in [-0.39, 0.29) is 12.4 Å². The highest BCUT2D eigenvalue weighted by Gasteiger charge is 2.27. The van der Waals surface area contributed by atoms with E-state index >= 15 is 0 Å². The second kappa shape index (κ2) is 26.3. The van der Waals surface area contributed by atoms with E-state index in [0.29, 0.717) is 88.3 Å². The van der Waals surface area contributed by atoms with Crippen LogP contribution in [0.3, 0.4) is 0 Å². The summed E-state index contributed by atoms with van der Waals surface area (Å²) in [6.45, 7) is 8.91. The van der Waals surface area contributed by atoms with Crippen LogP contribution in [0.1, 0.15) is 47.5 Å². The second-order valence-electron chi connectivity index (χ2n) is 12.6. The monoisotopic (exact) mass is 850 g/mol. The lowest BCUT2D eigenvalue weighted by molar-refractivity contribution is -0.152. The maximum atomic E-state index is 12.7. The Morgan fingerprint density at radius 1 is 0.508 bits per heavy atom. The third-order valence-corrected chi connectivity index (χ3v) is 8.58. The molecule has 0 fully saturated rings. The molecule has 0 aliphatic carbocycles. The standard InChI is InChI=1S/C22H27NO7.C15H17NO4.C8H14O3/c1-6-18(22(25)29-7-2)21(24)23-19-9-8-14(26-3)13-20(19)30-17-11-15(27-4)10-16(12-17)28-5;1-17-10-4-6-12(16)14(8-10)20-13-7-5-11(18-2)9-15(13)19-3;1-4-7(6(3)9)8(10)11-5-2/h8-13,18H,6-7H2,1-5H3,(H,23,24);4-9H,16H2,1-3H3;7H,4-5H2,1-3H3. The van der Waals surface area contributed by atoms with Crippen molar-refractivity contribution in [2.45, 2.75) is 47.5 Å². The summed E-state index contributed by atoms with van der Waals surface area (Å²) in [6, 6.07) is 20.5. The van der Waals surface area contributed by atoms with E-state index in [2.05, 4.69) is 5.32 Å². The van der Waals surface area contributed by atoms with Crippen LogP contribution in [0, 0.1) is 11.8 Å². The highest BCUT2D eigenvalue weighted by Crippen LogP contribution is 2.39. The smallest absolute Gasteiger partial charge is 0.318 e. The van der Waals surface area contributed by atoms with Gasteiger partial charge in [0.05, 0.1) is 67.2 Å². The van der Waals surface area contributed by atoms with E-state index in [1.165, 1.54) is 28.3 Å². The van der Waals surface area contributed by atoms with Crippen molar-refractivity contribution >= 4 is 35.0 Å². The molecule has 0 saturated carbocycles. The van der Waals surface area contributed by atoms with Crippen LogP contribution in [0.2, 0.25) is 0 Å². The summed E-state index contributed by atoms with van der Waals surface area (Å²) in [7, 11) is 9.35. The van der Waals surface area contributed by atoms with Crippen LogP contribution in [-0.2, 0) is 28.7 Å². The number of carbonyl (C=O) groups excluding carboxylic acids is 4. The molecule has 0 aromatic heterocycles. The zero-order chi connectivity index (χ0) is 45.5. The van der Waals surface area contributed by atoms with Gasteiger partial charge in [0.2, 0.25) is 5.91 Å². The number of rotatable bonds is 19. The van der Waals surface area contributed by atoms with Gasteiger partial charge in [-0.2, -0.15) is 0 Å². The van der Waals surface area contributed by atoms with E-state index in [1.807, 2.05) is 0 Å². The van der Waals surface area contributed by atoms with Gasteiger partial charge in [-0.25, -0.2) is 0 Å². The maximum absolute atomic E-state index is 12.7. The molecule has 0 heterocycles. The molecule has 61 heavy (non-hydrogen) atoms. The molecule has 0 aliphatic heterocycles. The van der Waals surface area contributed by atoms with E-state index < -0.39 is 29.7 Å². The number of hydrogen-bond donors (Lipinski definition) is 2. The number of nitrogen functional groups attached to an aromatic ring is 1. The summed E-state index contributed by atoms with van der Waals surface area (Å²) in [4.78, 5) is 46.5. The Kier molecular flexibility index (Phi) is 21.7. The maximum Gasteiger partial charge on any atom is 0.318 e. The van der Waals surface area contributed by atoms with Crippen LogP contribution in [-0.4, -0.2) is 79.5 Å². The Morgan fingerprint density at radius 2 is 0.967 bits per heavy atom. The fourth-order valence-electron chi connectivity index (χ4n) is 5.28. The fraction of sp³-hybridized carbons (Fsp3) is 0.378. The van der Waals surface area contributed by atoms with Crippen molar-refractivity contribution in [1.82, 2.24) is 0 Å². The van der Waals surface area contributed by atoms with Gasteiger partial charge in [0.15, 0.2) is 23.0 Å². The summed E-state index contributed by atoms with van der Waals surface area (Å²) in [5, 5.41) is 2.75. The summed E-state index contributed by atoms with van der Waals surface area (Å²) in [5.74, 6) is 2.33. The van der Waals surface area contributed by atoms with E-state index in [1.54, 1.807) is 122 Å². The second-order valence-corrected chi connectivity index (χ2v) is 12.6. The molecule has 0 bridgehead atoms. The molecule has 16 nitrogen and oxygen atoms in total. The minimum absolute atomic E-state index is 0.119. The third kappa shape index (κ3) is 15.7. The molecule has 4 aromatic carbocycles. The lowest BCUT2D eigenvalue weighted by Gasteiger charge is -2.17. The molecule has 332 valence electrons. The molecule has 0 spiro atoms. The van der Waals surface area contributed by atoms with Crippen LogP contribution in [0.4, 0.5) is 11.4 Å². The van der Waals surface area contributed by atoms with Crippen molar-refractivity contribution in [2.24, 2.45) is 11.8 Å². The van der Waals surface area contributed by atoms with Crippen molar-refractivity contribution in [3.05, 3.63) is 72.8 Å². The number of hydrogen-bond acceptors (Lipinski definition) is 15. The highest BCUT2D eigenvalue weighted by molar-refractivity contribution is 6.05. The van der Waals surface area contributed by atoms with E-state index in [0.717, 1.165) is 0 Å². The summed E-state index contributed by atoms with van der Waals surface area (Å²) in [6.07, 6.45) is 0.832. The first-order valence-corrected chi connectivity index (χ1v) is 19.3. The SMILES string of the molecule is CCOC(=O)C(CC)C(=O)Nc1ccc(OC)cc1Oc1cc(OC)cc(OC)c1.CCOC(=O)C(CC)C(C)=O.COc1ccc(N)c(Oc2ccc(OC)cc2OC)c1. The minimum Gasteiger partial charge on any atom is -0.497 e. The molecule has 2 atom stereocenters. The molecular weight excluding hydrogens is 792 g/mol. The van der Waals surface area contributed by atoms with Gasteiger partial charge in [0.1, 0.15) is 52.1 Å². The summed E-state index contributed by atoms with van der Waals surface area (Å²) in [5.41, 5.74) is 6.79. The van der Waals surface area contributed by atoms with Crippen molar-refractivity contribution in [3.8, 4) is 57.5 Å². The fourth-order valence-corrected chi connectivity index (χ4v) is 5.28. The highest BCUT2D eigenvalue weighted by atomic mass is 16.5. The van der Waals surface area contributed by atoms with Gasteiger partial charge in [0, 0.05) is 36.4 Å². The number of carbonyl (C=O) groups is 4. The van der Waals surface area contributed by atoms with E-state index in [9.17, 15) is 19.2 Å². The number of amides is 1. The number of ether oxygens (including phenoxy) is 10. The van der Waals surface area contributed by atoms with Crippen molar-refractivity contribution in [1.29, 1.82) is 0 Å². The first kappa shape index (κ1) is 50.3. The number of benzene rings is 4. The third-order valence-electron chi connectivity index (χ3n) is 8.58. The zero-order valence-electron chi connectivity index (χ0n) is 36.7. The predicted molar refractivity (Wildman–Crippen MR) is 230 cm³/mol. The summed E-state index contributed by atoms with van der Waals surface area (Å²) < 4.78 is 52.8. The minimum atomic E-state index is -0.920. The Balaban J connectivity index is 0.000000354. The molecule has 2 unspecified atom stereocenters. The van der Waals surface area contributed by atoms with Gasteiger partial charge < -0.3 is 58.4 Å². The number of nitrogens with one attached hydrogen (secondary N) is 1. The Hall–Kier alpha value is -6.84. The number of esters is 2. The number of nitrogens with two attached hydrogens (primary N) is 1. The molecule has 0 saturated heterocycles. The van der Waals surface area contributed by atoms with Crippen LogP contribution in [0.5, 0.6) is 57.5 Å². The molecular formula is C45H58N2O14. The Morgan fingerprint density at radius 3 is 1.44 bits per heavy atom. The van der Waals surface area contributed by atoms with Crippen LogP contribution < -0.4 is 48.9 Å². The summed E-state index contributed by atoms with van der Waals surface area (Å²) >= 11 is 0. The molecule has 4 rings (SSSR count). The first-order valence-electron chi connectivity index (χ1n) is 19.3. The number of ketones is 1. The normalized spacial score (nSPS) is 11.0. The first-order chi connectivity index (χ1) is 29.2. The quantitative estimate of drug-likeness (QED) is 0.0519. The lowest BCUT2D eigenvalue weighted by atomic mass is 10.0. The molecule has 3 N–H and O–H groups in total. The van der Waals surface area contributed by atoms with Crippen LogP contribution in [0.15, 0.2) is 72.8 Å². The topological polar surface area (TPSA) is 199 Å².